The Labute approximate surface area is 105 Å². The molecule has 1 aromatic carbocycles. The number of nitrogens with one attached hydrogen (secondary N) is 2. The van der Waals surface area contributed by atoms with Crippen LogP contribution in [0.4, 0.5) is 11.4 Å². The first-order valence-electron chi connectivity index (χ1n) is 6.93. The van der Waals surface area contributed by atoms with Crippen LogP contribution in [0.25, 0.3) is 0 Å². The van der Waals surface area contributed by atoms with Crippen LogP contribution in [0.5, 0.6) is 0 Å². The van der Waals surface area contributed by atoms with Gasteiger partial charge in [-0.05, 0) is 43.5 Å². The van der Waals surface area contributed by atoms with E-state index in [1.54, 1.807) is 0 Å². The summed E-state index contributed by atoms with van der Waals surface area (Å²) >= 11 is 0. The fourth-order valence-electron chi connectivity index (χ4n) is 2.45. The average molecular weight is 232 g/mol. The normalized spacial score (nSPS) is 15.2. The molecule has 2 rings (SSSR count). The standard InChI is InChI=1S/C15H24N2/c1-3-4-5-6-12(2)17-14-7-8-15-13(11-14)9-10-16-15/h7-8,11-12,16-17H,3-6,9-10H2,1-2H3. The molecule has 2 nitrogen and oxygen atoms in total. The van der Waals surface area contributed by atoms with E-state index in [1.165, 1.54) is 42.6 Å². The number of rotatable bonds is 6. The second kappa shape index (κ2) is 5.95. The Morgan fingerprint density at radius 3 is 3.06 bits per heavy atom. The summed E-state index contributed by atoms with van der Waals surface area (Å²) in [6.07, 6.45) is 6.41. The van der Waals surface area contributed by atoms with Crippen LogP contribution in [-0.2, 0) is 6.42 Å². The van der Waals surface area contributed by atoms with Gasteiger partial charge in [-0.15, -0.1) is 0 Å². The highest BCUT2D eigenvalue weighted by Crippen LogP contribution is 2.25. The van der Waals surface area contributed by atoms with Gasteiger partial charge in [0.15, 0.2) is 0 Å². The quantitative estimate of drug-likeness (QED) is 0.723. The third-order valence-electron chi connectivity index (χ3n) is 3.47. The highest BCUT2D eigenvalue weighted by molar-refractivity contribution is 5.62. The van der Waals surface area contributed by atoms with Crippen LogP contribution in [0, 0.1) is 0 Å². The van der Waals surface area contributed by atoms with Gasteiger partial charge in [-0.2, -0.15) is 0 Å². The summed E-state index contributed by atoms with van der Waals surface area (Å²) in [7, 11) is 0. The van der Waals surface area contributed by atoms with Crippen molar-refractivity contribution in [3.05, 3.63) is 23.8 Å². The molecular formula is C15H24N2. The zero-order valence-electron chi connectivity index (χ0n) is 11.1. The van der Waals surface area contributed by atoms with Crippen molar-refractivity contribution in [1.82, 2.24) is 0 Å². The van der Waals surface area contributed by atoms with E-state index in [0.717, 1.165) is 13.0 Å². The highest BCUT2D eigenvalue weighted by atomic mass is 14.9. The second-order valence-corrected chi connectivity index (χ2v) is 5.09. The van der Waals surface area contributed by atoms with Gasteiger partial charge >= 0.3 is 0 Å². The zero-order valence-corrected chi connectivity index (χ0v) is 11.1. The molecular weight excluding hydrogens is 208 g/mol. The summed E-state index contributed by atoms with van der Waals surface area (Å²) < 4.78 is 0. The van der Waals surface area contributed by atoms with Crippen molar-refractivity contribution in [1.29, 1.82) is 0 Å². The highest BCUT2D eigenvalue weighted by Gasteiger charge is 2.10. The molecule has 1 atom stereocenters. The van der Waals surface area contributed by atoms with Gasteiger partial charge in [0, 0.05) is 24.0 Å². The third-order valence-corrected chi connectivity index (χ3v) is 3.47. The number of hydrogen-bond acceptors (Lipinski definition) is 2. The van der Waals surface area contributed by atoms with E-state index in [-0.39, 0.29) is 0 Å². The van der Waals surface area contributed by atoms with Crippen LogP contribution in [0.2, 0.25) is 0 Å². The maximum atomic E-state index is 3.60. The van der Waals surface area contributed by atoms with Crippen LogP contribution >= 0.6 is 0 Å². The lowest BCUT2D eigenvalue weighted by Crippen LogP contribution is -2.14. The number of benzene rings is 1. The van der Waals surface area contributed by atoms with Crippen LogP contribution < -0.4 is 10.6 Å². The van der Waals surface area contributed by atoms with Crippen molar-refractivity contribution in [2.75, 3.05) is 17.2 Å². The van der Waals surface area contributed by atoms with Gasteiger partial charge < -0.3 is 10.6 Å². The van der Waals surface area contributed by atoms with E-state index in [1.807, 2.05) is 0 Å². The molecule has 1 aliphatic heterocycles. The minimum absolute atomic E-state index is 0.578. The van der Waals surface area contributed by atoms with Crippen LogP contribution in [0.15, 0.2) is 18.2 Å². The number of anilines is 2. The smallest absolute Gasteiger partial charge is 0.0375 e. The van der Waals surface area contributed by atoms with Gasteiger partial charge in [-0.3, -0.25) is 0 Å². The first-order valence-corrected chi connectivity index (χ1v) is 6.93. The summed E-state index contributed by atoms with van der Waals surface area (Å²) in [4.78, 5) is 0. The summed E-state index contributed by atoms with van der Waals surface area (Å²) in [5, 5.41) is 7.00. The van der Waals surface area contributed by atoms with Gasteiger partial charge in [0.1, 0.15) is 0 Å². The topological polar surface area (TPSA) is 24.1 Å². The van der Waals surface area contributed by atoms with Crippen LogP contribution in [-0.4, -0.2) is 12.6 Å². The molecule has 0 fully saturated rings. The molecule has 94 valence electrons. The second-order valence-electron chi connectivity index (χ2n) is 5.09. The van der Waals surface area contributed by atoms with Crippen molar-refractivity contribution >= 4 is 11.4 Å². The SMILES string of the molecule is CCCCCC(C)Nc1ccc2c(c1)CCN2. The molecule has 2 heteroatoms. The Bertz CT molecular complexity index is 360. The fraction of sp³-hybridized carbons (Fsp3) is 0.600. The van der Waals surface area contributed by atoms with E-state index in [4.69, 9.17) is 0 Å². The Morgan fingerprint density at radius 1 is 1.35 bits per heavy atom. The Morgan fingerprint density at radius 2 is 2.24 bits per heavy atom. The monoisotopic (exact) mass is 232 g/mol. The average Bonchev–Trinajstić information content (AvgIpc) is 2.76. The predicted octanol–water partition coefficient (Wildman–Crippen LogP) is 4.04. The molecule has 1 aromatic rings. The maximum Gasteiger partial charge on any atom is 0.0375 e. The van der Waals surface area contributed by atoms with E-state index >= 15 is 0 Å². The first kappa shape index (κ1) is 12.3. The molecule has 0 radical (unpaired) electrons. The largest absolute Gasteiger partial charge is 0.384 e. The molecule has 2 N–H and O–H groups in total. The summed E-state index contributed by atoms with van der Waals surface area (Å²) in [5.41, 5.74) is 4.04. The molecule has 0 spiro atoms. The lowest BCUT2D eigenvalue weighted by atomic mass is 10.1. The number of fused-ring (bicyclic) bond motifs is 1. The Kier molecular flexibility index (Phi) is 4.29. The molecule has 0 saturated carbocycles. The van der Waals surface area contributed by atoms with Crippen LogP contribution in [0.1, 0.15) is 45.1 Å². The van der Waals surface area contributed by atoms with Crippen LogP contribution in [0.3, 0.4) is 0 Å². The minimum Gasteiger partial charge on any atom is -0.384 e. The van der Waals surface area contributed by atoms with E-state index in [0.29, 0.717) is 6.04 Å². The fourth-order valence-corrected chi connectivity index (χ4v) is 2.45. The van der Waals surface area contributed by atoms with E-state index in [2.05, 4.69) is 42.7 Å². The van der Waals surface area contributed by atoms with Gasteiger partial charge in [0.25, 0.3) is 0 Å². The molecule has 0 aliphatic carbocycles. The lowest BCUT2D eigenvalue weighted by Gasteiger charge is -2.15. The molecule has 1 heterocycles. The van der Waals surface area contributed by atoms with Crippen molar-refractivity contribution in [2.45, 2.75) is 52.0 Å². The molecule has 0 aromatic heterocycles. The minimum atomic E-state index is 0.578. The van der Waals surface area contributed by atoms with Crippen molar-refractivity contribution in [2.24, 2.45) is 0 Å². The third kappa shape index (κ3) is 3.39. The summed E-state index contributed by atoms with van der Waals surface area (Å²) in [5.74, 6) is 0. The van der Waals surface area contributed by atoms with Crippen molar-refractivity contribution < 1.29 is 0 Å². The van der Waals surface area contributed by atoms with E-state index in [9.17, 15) is 0 Å². The number of hydrogen-bond donors (Lipinski definition) is 2. The lowest BCUT2D eigenvalue weighted by molar-refractivity contribution is 0.615. The predicted molar refractivity (Wildman–Crippen MR) is 75.9 cm³/mol. The van der Waals surface area contributed by atoms with Crippen molar-refractivity contribution in [3.8, 4) is 0 Å². The van der Waals surface area contributed by atoms with Gasteiger partial charge in [-0.25, -0.2) is 0 Å². The zero-order chi connectivity index (χ0) is 12.1. The maximum absolute atomic E-state index is 3.60. The van der Waals surface area contributed by atoms with Gasteiger partial charge in [-0.1, -0.05) is 26.2 Å². The summed E-state index contributed by atoms with van der Waals surface area (Å²) in [6, 6.07) is 7.26. The summed E-state index contributed by atoms with van der Waals surface area (Å²) in [6.45, 7) is 5.62. The molecule has 17 heavy (non-hydrogen) atoms. The van der Waals surface area contributed by atoms with E-state index < -0.39 is 0 Å². The van der Waals surface area contributed by atoms with Gasteiger partial charge in [0.05, 0.1) is 0 Å². The Balaban J connectivity index is 1.86. The molecule has 0 amide bonds. The molecule has 1 aliphatic rings. The Hall–Kier alpha value is -1.18. The number of unbranched alkanes of at least 4 members (excludes halogenated alkanes) is 2. The van der Waals surface area contributed by atoms with Gasteiger partial charge in [0.2, 0.25) is 0 Å². The molecule has 0 saturated heterocycles. The van der Waals surface area contributed by atoms with Crippen molar-refractivity contribution in [3.63, 3.8) is 0 Å². The first-order chi connectivity index (χ1) is 8.29. The molecule has 0 bridgehead atoms. The molecule has 1 unspecified atom stereocenters.